The van der Waals surface area contributed by atoms with E-state index in [1.165, 1.54) is 20.0 Å². The van der Waals surface area contributed by atoms with Crippen LogP contribution < -0.4 is 5.73 Å². The van der Waals surface area contributed by atoms with Gasteiger partial charge >= 0.3 is 0 Å². The predicted octanol–water partition coefficient (Wildman–Crippen LogP) is 3.10. The van der Waals surface area contributed by atoms with Crippen molar-refractivity contribution < 1.29 is 18.0 Å². The number of guanidine groups is 1. The number of benzene rings is 1. The van der Waals surface area contributed by atoms with Crippen molar-refractivity contribution in [3.8, 4) is 17.2 Å². The molecule has 5 nitrogen and oxygen atoms in total. The maximum absolute atomic E-state index is 15.1. The zero-order chi connectivity index (χ0) is 19.2. The molecule has 1 aliphatic heterocycles. The van der Waals surface area contributed by atoms with Gasteiger partial charge in [0.1, 0.15) is 17.4 Å². The lowest BCUT2D eigenvalue weighted by atomic mass is 9.92. The third-order valence-electron chi connectivity index (χ3n) is 4.25. The van der Waals surface area contributed by atoms with E-state index >= 15 is 4.39 Å². The van der Waals surface area contributed by atoms with Crippen molar-refractivity contribution >= 4 is 23.2 Å². The second-order valence-electron chi connectivity index (χ2n) is 6.07. The molecular weight excluding hydrogens is 365 g/mol. The number of hydrogen-bond acceptors (Lipinski definition) is 5. The highest BCUT2D eigenvalue weighted by atomic mass is 32.1. The average molecular weight is 378 g/mol. The zero-order valence-electron chi connectivity index (χ0n) is 13.8. The molecule has 134 valence electrons. The summed E-state index contributed by atoms with van der Waals surface area (Å²) in [5, 5.41) is 8.06. The molecule has 26 heavy (non-hydrogen) atoms. The lowest BCUT2D eigenvalue weighted by molar-refractivity contribution is -0.128. The molecule has 1 atom stereocenters. The van der Waals surface area contributed by atoms with E-state index in [1.807, 2.05) is 0 Å². The van der Waals surface area contributed by atoms with Crippen LogP contribution in [0.5, 0.6) is 0 Å². The van der Waals surface area contributed by atoms with Gasteiger partial charge in [-0.05, 0) is 24.6 Å². The van der Waals surface area contributed by atoms with Crippen LogP contribution in [0.25, 0.3) is 11.1 Å². The molecule has 3 rings (SSSR count). The van der Waals surface area contributed by atoms with Crippen molar-refractivity contribution in [3.63, 3.8) is 0 Å². The first-order valence-corrected chi connectivity index (χ1v) is 8.29. The Kier molecular flexibility index (Phi) is 4.24. The number of rotatable bonds is 2. The molecular formula is C17H13F3N4OS. The summed E-state index contributed by atoms with van der Waals surface area (Å²) in [7, 11) is 1.44. The van der Waals surface area contributed by atoms with Gasteiger partial charge in [-0.3, -0.25) is 9.69 Å². The van der Waals surface area contributed by atoms with Gasteiger partial charge in [0, 0.05) is 7.05 Å². The second kappa shape index (κ2) is 6.14. The van der Waals surface area contributed by atoms with Crippen LogP contribution in [0.1, 0.15) is 23.8 Å². The molecule has 0 bridgehead atoms. The Bertz CT molecular complexity index is 995. The highest BCUT2D eigenvalue weighted by Gasteiger charge is 2.41. The maximum atomic E-state index is 15.1. The number of nitrogens with two attached hydrogens (primary N) is 1. The molecule has 0 saturated carbocycles. The van der Waals surface area contributed by atoms with Crippen LogP contribution in [-0.4, -0.2) is 23.8 Å². The molecule has 2 heterocycles. The molecule has 0 fully saturated rings. The van der Waals surface area contributed by atoms with Crippen molar-refractivity contribution in [2.24, 2.45) is 10.7 Å². The van der Waals surface area contributed by atoms with E-state index in [0.717, 1.165) is 17.0 Å². The lowest BCUT2D eigenvalue weighted by Crippen LogP contribution is -2.47. The Labute approximate surface area is 151 Å². The van der Waals surface area contributed by atoms with Gasteiger partial charge in [-0.15, -0.1) is 11.3 Å². The Morgan fingerprint density at radius 1 is 1.38 bits per heavy atom. The molecule has 1 aromatic carbocycles. The average Bonchev–Trinajstić information content (AvgIpc) is 2.89. The number of halogens is 3. The van der Waals surface area contributed by atoms with E-state index in [1.54, 1.807) is 6.07 Å². The van der Waals surface area contributed by atoms with Crippen LogP contribution >= 0.6 is 11.3 Å². The molecule has 0 unspecified atom stereocenters. The standard InChI is InChI=1S/C17H13F3N4OS/c1-17(6-11(25)24(2)16(22)23-17)14-13(19)12(15(20)26-14)8-3-4-10(18)9(5-8)7-21/h3-5H,6H2,1-2H3,(H2,22,23)/t17-/m0/s1. The monoisotopic (exact) mass is 378 g/mol. The number of aliphatic imine (C=N–C) groups is 1. The molecule has 9 heteroatoms. The lowest BCUT2D eigenvalue weighted by Gasteiger charge is -2.32. The van der Waals surface area contributed by atoms with Crippen molar-refractivity contribution in [1.29, 1.82) is 5.26 Å². The first-order valence-electron chi connectivity index (χ1n) is 7.48. The Balaban J connectivity index is 2.16. The van der Waals surface area contributed by atoms with E-state index in [9.17, 15) is 13.6 Å². The molecule has 2 N–H and O–H groups in total. The summed E-state index contributed by atoms with van der Waals surface area (Å²) in [5.41, 5.74) is 3.68. The van der Waals surface area contributed by atoms with Crippen LogP contribution in [0.15, 0.2) is 23.2 Å². The van der Waals surface area contributed by atoms with E-state index in [0.29, 0.717) is 11.3 Å². The largest absolute Gasteiger partial charge is 0.369 e. The van der Waals surface area contributed by atoms with Gasteiger partial charge in [0.15, 0.2) is 16.9 Å². The minimum atomic E-state index is -1.35. The van der Waals surface area contributed by atoms with Gasteiger partial charge in [0.2, 0.25) is 5.91 Å². The summed E-state index contributed by atoms with van der Waals surface area (Å²) < 4.78 is 43.1. The van der Waals surface area contributed by atoms with E-state index in [-0.39, 0.29) is 39.9 Å². The Hall–Kier alpha value is -2.86. The van der Waals surface area contributed by atoms with Gasteiger partial charge < -0.3 is 5.73 Å². The molecule has 1 amide bonds. The van der Waals surface area contributed by atoms with E-state index in [4.69, 9.17) is 11.0 Å². The molecule has 1 aliphatic rings. The molecule has 2 aromatic rings. The van der Waals surface area contributed by atoms with Gasteiger partial charge in [-0.2, -0.15) is 9.65 Å². The van der Waals surface area contributed by atoms with E-state index in [2.05, 4.69) is 4.99 Å². The van der Waals surface area contributed by atoms with Crippen molar-refractivity contribution in [3.05, 3.63) is 45.4 Å². The third-order valence-corrected chi connectivity index (χ3v) is 5.45. The number of carbonyl (C=O) groups is 1. The summed E-state index contributed by atoms with van der Waals surface area (Å²) in [6.45, 7) is 1.49. The highest BCUT2D eigenvalue weighted by molar-refractivity contribution is 7.11. The summed E-state index contributed by atoms with van der Waals surface area (Å²) in [6.07, 6.45) is -0.173. The second-order valence-corrected chi connectivity index (χ2v) is 7.04. The normalized spacial score (nSPS) is 20.1. The van der Waals surface area contributed by atoms with Gasteiger partial charge in [0.05, 0.1) is 22.4 Å². The molecule has 0 aliphatic carbocycles. The topological polar surface area (TPSA) is 82.5 Å². The van der Waals surface area contributed by atoms with E-state index < -0.39 is 22.3 Å². The molecule has 0 radical (unpaired) electrons. The minimum absolute atomic E-state index is 0.0280. The molecule has 0 spiro atoms. The number of nitriles is 1. The fourth-order valence-electron chi connectivity index (χ4n) is 2.78. The summed E-state index contributed by atoms with van der Waals surface area (Å²) in [6, 6.07) is 4.87. The van der Waals surface area contributed by atoms with Gasteiger partial charge in [-0.25, -0.2) is 13.8 Å². The number of carbonyl (C=O) groups excluding carboxylic acids is 1. The minimum Gasteiger partial charge on any atom is -0.369 e. The molecule has 1 aromatic heterocycles. The molecule has 0 saturated heterocycles. The maximum Gasteiger partial charge on any atom is 0.231 e. The van der Waals surface area contributed by atoms with Crippen molar-refractivity contribution in [1.82, 2.24) is 4.90 Å². The number of nitrogens with zero attached hydrogens (tertiary/aromatic N) is 3. The fourth-order valence-corrected chi connectivity index (χ4v) is 3.80. The number of amides is 1. The van der Waals surface area contributed by atoms with Crippen molar-refractivity contribution in [2.75, 3.05) is 7.05 Å². The van der Waals surface area contributed by atoms with Crippen LogP contribution in [0.4, 0.5) is 13.2 Å². The summed E-state index contributed by atoms with van der Waals surface area (Å²) in [5.74, 6) is -2.15. The van der Waals surface area contributed by atoms with Crippen LogP contribution in [0, 0.1) is 28.1 Å². The quantitative estimate of drug-likeness (QED) is 0.872. The predicted molar refractivity (Wildman–Crippen MR) is 90.7 cm³/mol. The first kappa shape index (κ1) is 17.9. The third kappa shape index (κ3) is 2.72. The Morgan fingerprint density at radius 3 is 2.69 bits per heavy atom. The number of hydrogen-bond donors (Lipinski definition) is 1. The smallest absolute Gasteiger partial charge is 0.231 e. The SMILES string of the molecule is CN1C(=O)C[C@@](C)(c2sc(F)c(-c3ccc(F)c(C#N)c3)c2F)N=C1N. The highest BCUT2D eigenvalue weighted by Crippen LogP contribution is 2.44. The van der Waals surface area contributed by atoms with Crippen LogP contribution in [0.3, 0.4) is 0 Å². The summed E-state index contributed by atoms with van der Waals surface area (Å²) in [4.78, 5) is 17.3. The number of thiophene rings is 1. The van der Waals surface area contributed by atoms with Crippen LogP contribution in [0.2, 0.25) is 0 Å². The Morgan fingerprint density at radius 2 is 2.08 bits per heavy atom. The van der Waals surface area contributed by atoms with Gasteiger partial charge in [-0.1, -0.05) is 6.07 Å². The van der Waals surface area contributed by atoms with Crippen molar-refractivity contribution in [2.45, 2.75) is 18.9 Å². The van der Waals surface area contributed by atoms with Gasteiger partial charge in [0.25, 0.3) is 0 Å². The first-order chi connectivity index (χ1) is 12.2. The fraction of sp³-hybridized carbons (Fsp3) is 0.235. The van der Waals surface area contributed by atoms with Crippen LogP contribution in [-0.2, 0) is 10.3 Å². The summed E-state index contributed by atoms with van der Waals surface area (Å²) >= 11 is 0.512. The zero-order valence-corrected chi connectivity index (χ0v) is 14.6.